The number of hydrogen-bond acceptors (Lipinski definition) is 3. The Kier molecular flexibility index (Phi) is 4.97. The number of aliphatic imine (C=N–C) groups is 2. The highest BCUT2D eigenvalue weighted by Gasteiger charge is 2.02. The van der Waals surface area contributed by atoms with Gasteiger partial charge in [-0.25, -0.2) is 4.99 Å². The van der Waals surface area contributed by atoms with Crippen molar-refractivity contribution in [1.82, 2.24) is 0 Å². The first-order valence-electron chi connectivity index (χ1n) is 7.40. The maximum Gasteiger partial charge on any atom is 0.153 e. The van der Waals surface area contributed by atoms with Crippen LogP contribution in [0.15, 0.2) is 94.9 Å². The molecule has 0 aliphatic rings. The average Bonchev–Trinajstić information content (AvgIpc) is 2.62. The fraction of sp³-hybridized carbons (Fsp3) is 0.0500. The summed E-state index contributed by atoms with van der Waals surface area (Å²) in [7, 11) is 0. The van der Waals surface area contributed by atoms with Gasteiger partial charge < -0.3 is 4.74 Å². The first-order chi connectivity index (χ1) is 11.4. The number of rotatable bonds is 5. The van der Waals surface area contributed by atoms with Gasteiger partial charge in [0, 0.05) is 0 Å². The topological polar surface area (TPSA) is 34.0 Å². The zero-order valence-electron chi connectivity index (χ0n) is 12.6. The normalized spacial score (nSPS) is 9.74. The van der Waals surface area contributed by atoms with E-state index in [0.29, 0.717) is 18.0 Å². The van der Waals surface area contributed by atoms with Crippen LogP contribution in [0, 0.1) is 0 Å². The van der Waals surface area contributed by atoms with Crippen LogP contribution in [0.5, 0.6) is 11.5 Å². The SMILES string of the molecule is C(=NCc1ccccc1)=Nc1ccccc1Oc1ccccc1. The Morgan fingerprint density at radius 1 is 0.739 bits per heavy atom. The van der Waals surface area contributed by atoms with Gasteiger partial charge in [-0.15, -0.1) is 0 Å². The first kappa shape index (κ1) is 14.8. The highest BCUT2D eigenvalue weighted by Crippen LogP contribution is 2.30. The van der Waals surface area contributed by atoms with Crippen LogP contribution in [0.3, 0.4) is 0 Å². The van der Waals surface area contributed by atoms with E-state index in [1.165, 1.54) is 0 Å². The van der Waals surface area contributed by atoms with Crippen molar-refractivity contribution in [2.75, 3.05) is 0 Å². The number of hydrogen-bond donors (Lipinski definition) is 0. The molecular weight excluding hydrogens is 284 g/mol. The molecular formula is C20H16N2O. The molecule has 0 fully saturated rings. The summed E-state index contributed by atoms with van der Waals surface area (Å²) in [5, 5.41) is 0. The molecule has 23 heavy (non-hydrogen) atoms. The maximum atomic E-state index is 5.85. The van der Waals surface area contributed by atoms with Crippen molar-refractivity contribution in [3.63, 3.8) is 0 Å². The lowest BCUT2D eigenvalue weighted by Gasteiger charge is -2.06. The minimum Gasteiger partial charge on any atom is -0.455 e. The monoisotopic (exact) mass is 300 g/mol. The summed E-state index contributed by atoms with van der Waals surface area (Å²) in [6, 6.07) is 30.0. The molecule has 0 aliphatic heterocycles. The third kappa shape index (κ3) is 4.40. The van der Waals surface area contributed by atoms with Crippen LogP contribution in [-0.4, -0.2) is 6.01 Å². The summed E-state index contributed by atoms with van der Waals surface area (Å²) >= 11 is 0. The van der Waals surface area contributed by atoms with Gasteiger partial charge in [0.2, 0.25) is 0 Å². The summed E-state index contributed by atoms with van der Waals surface area (Å²) in [6.07, 6.45) is 0. The van der Waals surface area contributed by atoms with E-state index in [0.717, 1.165) is 11.3 Å². The fourth-order valence-corrected chi connectivity index (χ4v) is 2.05. The second-order valence-electron chi connectivity index (χ2n) is 4.90. The average molecular weight is 300 g/mol. The molecule has 3 aromatic carbocycles. The second-order valence-corrected chi connectivity index (χ2v) is 4.90. The van der Waals surface area contributed by atoms with E-state index >= 15 is 0 Å². The van der Waals surface area contributed by atoms with Crippen LogP contribution in [-0.2, 0) is 6.54 Å². The Bertz CT molecular complexity index is 807. The van der Waals surface area contributed by atoms with Crippen molar-refractivity contribution in [1.29, 1.82) is 0 Å². The quantitative estimate of drug-likeness (QED) is 0.574. The molecule has 0 aromatic heterocycles. The Labute approximate surface area is 135 Å². The zero-order chi connectivity index (χ0) is 15.7. The number of nitrogens with zero attached hydrogens (tertiary/aromatic N) is 2. The standard InChI is InChI=1S/C20H16N2O/c1-3-9-17(10-4-1)15-21-16-22-19-13-7-8-14-20(19)23-18-11-5-2-6-12-18/h1-14H,15H2. The summed E-state index contributed by atoms with van der Waals surface area (Å²) < 4.78 is 5.85. The minimum atomic E-state index is 0.562. The van der Waals surface area contributed by atoms with Gasteiger partial charge >= 0.3 is 0 Å². The first-order valence-corrected chi connectivity index (χ1v) is 7.40. The Morgan fingerprint density at radius 3 is 2.17 bits per heavy atom. The van der Waals surface area contributed by atoms with Crippen molar-refractivity contribution in [3.05, 3.63) is 90.5 Å². The summed E-state index contributed by atoms with van der Waals surface area (Å²) in [5.41, 5.74) is 1.83. The lowest BCUT2D eigenvalue weighted by Crippen LogP contribution is -1.83. The van der Waals surface area contributed by atoms with E-state index in [1.807, 2.05) is 84.9 Å². The predicted octanol–water partition coefficient (Wildman–Crippen LogP) is 5.48. The van der Waals surface area contributed by atoms with Crippen molar-refractivity contribution >= 4 is 11.7 Å². The van der Waals surface area contributed by atoms with E-state index < -0.39 is 0 Å². The van der Waals surface area contributed by atoms with E-state index in [1.54, 1.807) is 0 Å². The van der Waals surface area contributed by atoms with Crippen molar-refractivity contribution < 1.29 is 4.74 Å². The van der Waals surface area contributed by atoms with E-state index in [9.17, 15) is 0 Å². The zero-order valence-corrected chi connectivity index (χ0v) is 12.6. The Hall–Kier alpha value is -3.16. The van der Waals surface area contributed by atoms with Gasteiger partial charge in [0.15, 0.2) is 5.75 Å². The van der Waals surface area contributed by atoms with Gasteiger partial charge in [-0.3, -0.25) is 0 Å². The van der Waals surface area contributed by atoms with Crippen LogP contribution < -0.4 is 4.74 Å². The van der Waals surface area contributed by atoms with Crippen molar-refractivity contribution in [2.45, 2.75) is 6.54 Å². The summed E-state index contributed by atoms with van der Waals surface area (Å²) in [6.45, 7) is 0.562. The smallest absolute Gasteiger partial charge is 0.153 e. The number of benzene rings is 3. The minimum absolute atomic E-state index is 0.562. The van der Waals surface area contributed by atoms with E-state index in [4.69, 9.17) is 4.74 Å². The maximum absolute atomic E-state index is 5.85. The molecule has 0 radical (unpaired) electrons. The molecule has 3 aromatic rings. The Morgan fingerprint density at radius 2 is 1.39 bits per heavy atom. The van der Waals surface area contributed by atoms with Crippen LogP contribution in [0.1, 0.15) is 5.56 Å². The molecule has 112 valence electrons. The molecule has 0 N–H and O–H groups in total. The third-order valence-corrected chi connectivity index (χ3v) is 3.18. The highest BCUT2D eigenvalue weighted by atomic mass is 16.5. The molecule has 0 amide bonds. The Balaban J connectivity index is 1.74. The molecule has 0 aliphatic carbocycles. The predicted molar refractivity (Wildman–Crippen MR) is 92.6 cm³/mol. The second kappa shape index (κ2) is 7.74. The molecule has 0 saturated carbocycles. The molecule has 0 unspecified atom stereocenters. The fourth-order valence-electron chi connectivity index (χ4n) is 2.05. The molecule has 0 spiro atoms. The lowest BCUT2D eigenvalue weighted by atomic mass is 10.2. The molecule has 0 atom stereocenters. The van der Waals surface area contributed by atoms with Crippen LogP contribution in [0.2, 0.25) is 0 Å². The van der Waals surface area contributed by atoms with Gasteiger partial charge in [-0.2, -0.15) is 4.99 Å². The highest BCUT2D eigenvalue weighted by molar-refractivity contribution is 5.60. The largest absolute Gasteiger partial charge is 0.455 e. The van der Waals surface area contributed by atoms with Crippen LogP contribution in [0.25, 0.3) is 0 Å². The molecule has 0 bridgehead atoms. The van der Waals surface area contributed by atoms with Crippen molar-refractivity contribution in [2.24, 2.45) is 9.98 Å². The van der Waals surface area contributed by atoms with E-state index in [2.05, 4.69) is 16.0 Å². The van der Waals surface area contributed by atoms with Gasteiger partial charge in [-0.1, -0.05) is 60.7 Å². The van der Waals surface area contributed by atoms with E-state index in [-0.39, 0.29) is 0 Å². The molecule has 3 heteroatoms. The number of para-hydroxylation sites is 3. The molecule has 3 nitrogen and oxygen atoms in total. The summed E-state index contributed by atoms with van der Waals surface area (Å²) in [4.78, 5) is 8.49. The molecule has 3 rings (SSSR count). The summed E-state index contributed by atoms with van der Waals surface area (Å²) in [5.74, 6) is 1.46. The lowest BCUT2D eigenvalue weighted by molar-refractivity contribution is 0.484. The number of ether oxygens (including phenoxy) is 1. The van der Waals surface area contributed by atoms with Gasteiger partial charge in [-0.05, 0) is 29.8 Å². The third-order valence-electron chi connectivity index (χ3n) is 3.18. The van der Waals surface area contributed by atoms with Gasteiger partial charge in [0.1, 0.15) is 11.4 Å². The van der Waals surface area contributed by atoms with Crippen LogP contribution >= 0.6 is 0 Å². The van der Waals surface area contributed by atoms with Crippen molar-refractivity contribution in [3.8, 4) is 11.5 Å². The molecule has 0 heterocycles. The van der Waals surface area contributed by atoms with Gasteiger partial charge in [0.25, 0.3) is 0 Å². The van der Waals surface area contributed by atoms with Gasteiger partial charge in [0.05, 0.1) is 12.6 Å². The van der Waals surface area contributed by atoms with Crippen LogP contribution in [0.4, 0.5) is 5.69 Å². The molecule has 0 saturated heterocycles.